The van der Waals surface area contributed by atoms with Crippen molar-refractivity contribution in [2.75, 3.05) is 18.8 Å². The SMILES string of the molecule is Nc1cnc(C2=CCN(C(=O)O)CC2)cn1. The molecule has 2 rings (SSSR count). The molecule has 1 aliphatic rings. The highest BCUT2D eigenvalue weighted by Crippen LogP contribution is 2.20. The van der Waals surface area contributed by atoms with E-state index in [1.807, 2.05) is 6.08 Å². The molecule has 0 aliphatic carbocycles. The van der Waals surface area contributed by atoms with Crippen molar-refractivity contribution in [3.8, 4) is 0 Å². The molecular weight excluding hydrogens is 208 g/mol. The van der Waals surface area contributed by atoms with E-state index >= 15 is 0 Å². The molecule has 0 radical (unpaired) electrons. The maximum Gasteiger partial charge on any atom is 0.407 e. The van der Waals surface area contributed by atoms with Crippen LogP contribution in [-0.2, 0) is 0 Å². The smallest absolute Gasteiger partial charge is 0.407 e. The maximum atomic E-state index is 10.7. The van der Waals surface area contributed by atoms with Gasteiger partial charge in [-0.25, -0.2) is 9.78 Å². The zero-order valence-electron chi connectivity index (χ0n) is 8.63. The van der Waals surface area contributed by atoms with E-state index in [0.29, 0.717) is 25.3 Å². The van der Waals surface area contributed by atoms with E-state index in [1.165, 1.54) is 11.1 Å². The summed E-state index contributed by atoms with van der Waals surface area (Å²) in [7, 11) is 0. The van der Waals surface area contributed by atoms with Crippen LogP contribution in [0.3, 0.4) is 0 Å². The number of nitrogens with two attached hydrogens (primary N) is 1. The summed E-state index contributed by atoms with van der Waals surface area (Å²) in [6.07, 6.45) is 4.73. The van der Waals surface area contributed by atoms with Gasteiger partial charge >= 0.3 is 6.09 Å². The lowest BCUT2D eigenvalue weighted by atomic mass is 10.1. The Balaban J connectivity index is 2.13. The Morgan fingerprint density at radius 2 is 2.25 bits per heavy atom. The minimum atomic E-state index is -0.890. The van der Waals surface area contributed by atoms with Crippen molar-refractivity contribution in [1.29, 1.82) is 0 Å². The third-order valence-electron chi connectivity index (χ3n) is 2.48. The Labute approximate surface area is 92.4 Å². The van der Waals surface area contributed by atoms with Crippen molar-refractivity contribution in [2.24, 2.45) is 0 Å². The van der Waals surface area contributed by atoms with E-state index < -0.39 is 6.09 Å². The second-order valence-corrected chi connectivity index (χ2v) is 3.53. The zero-order chi connectivity index (χ0) is 11.5. The molecule has 84 valence electrons. The van der Waals surface area contributed by atoms with Crippen molar-refractivity contribution in [2.45, 2.75) is 6.42 Å². The fourth-order valence-corrected chi connectivity index (χ4v) is 1.58. The van der Waals surface area contributed by atoms with Gasteiger partial charge in [0.2, 0.25) is 0 Å². The van der Waals surface area contributed by atoms with Crippen LogP contribution in [0, 0.1) is 0 Å². The van der Waals surface area contributed by atoms with Gasteiger partial charge in [-0.05, 0) is 12.0 Å². The molecular formula is C10H12N4O2. The molecule has 0 spiro atoms. The second-order valence-electron chi connectivity index (χ2n) is 3.53. The van der Waals surface area contributed by atoms with Crippen molar-refractivity contribution in [3.63, 3.8) is 0 Å². The van der Waals surface area contributed by atoms with E-state index in [0.717, 1.165) is 11.3 Å². The van der Waals surface area contributed by atoms with Crippen LogP contribution in [0.15, 0.2) is 18.5 Å². The molecule has 6 heteroatoms. The Kier molecular flexibility index (Phi) is 2.72. The van der Waals surface area contributed by atoms with E-state index in [2.05, 4.69) is 9.97 Å². The van der Waals surface area contributed by atoms with Crippen LogP contribution in [0.2, 0.25) is 0 Å². The number of nitrogen functional groups attached to an aromatic ring is 1. The Hall–Kier alpha value is -2.11. The molecule has 0 fully saturated rings. The first-order chi connectivity index (χ1) is 7.66. The van der Waals surface area contributed by atoms with Crippen LogP contribution >= 0.6 is 0 Å². The van der Waals surface area contributed by atoms with Gasteiger partial charge in [-0.15, -0.1) is 0 Å². The molecule has 3 N–H and O–H groups in total. The van der Waals surface area contributed by atoms with E-state index in [1.54, 1.807) is 6.20 Å². The van der Waals surface area contributed by atoms with Gasteiger partial charge in [0.05, 0.1) is 18.1 Å². The number of carboxylic acid groups (broad SMARTS) is 1. The quantitative estimate of drug-likeness (QED) is 0.731. The molecule has 1 amide bonds. The second kappa shape index (κ2) is 4.18. The number of carbonyl (C=O) groups is 1. The number of hydrogen-bond acceptors (Lipinski definition) is 4. The summed E-state index contributed by atoms with van der Waals surface area (Å²) in [5.41, 5.74) is 7.22. The fourth-order valence-electron chi connectivity index (χ4n) is 1.58. The first kappa shape index (κ1) is 10.4. The van der Waals surface area contributed by atoms with Crippen molar-refractivity contribution in [3.05, 3.63) is 24.2 Å². The maximum absolute atomic E-state index is 10.7. The molecule has 0 saturated heterocycles. The lowest BCUT2D eigenvalue weighted by Crippen LogP contribution is -2.33. The Morgan fingerprint density at radius 3 is 2.75 bits per heavy atom. The number of aromatic nitrogens is 2. The van der Waals surface area contributed by atoms with Gasteiger partial charge in [-0.1, -0.05) is 6.08 Å². The molecule has 0 aromatic carbocycles. The minimum absolute atomic E-state index is 0.382. The predicted molar refractivity (Wildman–Crippen MR) is 58.6 cm³/mol. The average Bonchev–Trinajstić information content (AvgIpc) is 2.30. The topological polar surface area (TPSA) is 92.3 Å². The van der Waals surface area contributed by atoms with Gasteiger partial charge in [-0.3, -0.25) is 4.98 Å². The lowest BCUT2D eigenvalue weighted by Gasteiger charge is -2.23. The molecule has 0 saturated carbocycles. The van der Waals surface area contributed by atoms with Crippen LogP contribution < -0.4 is 5.73 Å². The first-order valence-electron chi connectivity index (χ1n) is 4.91. The first-order valence-corrected chi connectivity index (χ1v) is 4.91. The summed E-state index contributed by atoms with van der Waals surface area (Å²) in [5, 5.41) is 8.78. The molecule has 1 aromatic heterocycles. The molecule has 1 aliphatic heterocycles. The third-order valence-corrected chi connectivity index (χ3v) is 2.48. The zero-order valence-corrected chi connectivity index (χ0v) is 8.63. The Bertz CT molecular complexity index is 427. The normalized spacial score (nSPS) is 15.8. The minimum Gasteiger partial charge on any atom is -0.465 e. The van der Waals surface area contributed by atoms with Crippen LogP contribution in [-0.4, -0.2) is 39.2 Å². The molecule has 2 heterocycles. The standard InChI is InChI=1S/C10H12N4O2/c11-9-6-12-8(5-13-9)7-1-3-14(4-2-7)10(15)16/h1,5-6H,2-4H2,(H2,11,13)(H,15,16). The molecule has 0 bridgehead atoms. The number of amides is 1. The monoisotopic (exact) mass is 220 g/mol. The van der Waals surface area contributed by atoms with Gasteiger partial charge in [0.25, 0.3) is 0 Å². The van der Waals surface area contributed by atoms with Gasteiger partial charge in [0.15, 0.2) is 0 Å². The number of hydrogen-bond donors (Lipinski definition) is 2. The number of nitrogens with zero attached hydrogens (tertiary/aromatic N) is 3. The molecule has 1 aromatic rings. The largest absolute Gasteiger partial charge is 0.465 e. The van der Waals surface area contributed by atoms with Crippen LogP contribution in [0.25, 0.3) is 5.57 Å². The van der Waals surface area contributed by atoms with E-state index in [9.17, 15) is 4.79 Å². The number of rotatable bonds is 1. The highest BCUT2D eigenvalue weighted by molar-refractivity contribution is 5.69. The summed E-state index contributed by atoms with van der Waals surface area (Å²) in [6.45, 7) is 0.893. The molecule has 16 heavy (non-hydrogen) atoms. The van der Waals surface area contributed by atoms with Crippen LogP contribution in [0.1, 0.15) is 12.1 Å². The van der Waals surface area contributed by atoms with Gasteiger partial charge < -0.3 is 15.7 Å². The summed E-state index contributed by atoms with van der Waals surface area (Å²) >= 11 is 0. The van der Waals surface area contributed by atoms with Gasteiger partial charge in [0.1, 0.15) is 5.82 Å². The molecule has 0 atom stereocenters. The highest BCUT2D eigenvalue weighted by Gasteiger charge is 2.17. The fraction of sp³-hybridized carbons (Fsp3) is 0.300. The van der Waals surface area contributed by atoms with Gasteiger partial charge in [0, 0.05) is 13.1 Å². The van der Waals surface area contributed by atoms with Crippen LogP contribution in [0.4, 0.5) is 10.6 Å². The summed E-state index contributed by atoms with van der Waals surface area (Å²) in [5.74, 6) is 0.382. The highest BCUT2D eigenvalue weighted by atomic mass is 16.4. The third kappa shape index (κ3) is 2.10. The lowest BCUT2D eigenvalue weighted by molar-refractivity contribution is 0.150. The average molecular weight is 220 g/mol. The summed E-state index contributed by atoms with van der Waals surface area (Å²) in [6, 6.07) is 0. The Morgan fingerprint density at radius 1 is 1.44 bits per heavy atom. The van der Waals surface area contributed by atoms with E-state index in [4.69, 9.17) is 10.8 Å². The van der Waals surface area contributed by atoms with Gasteiger partial charge in [-0.2, -0.15) is 0 Å². The van der Waals surface area contributed by atoms with Crippen molar-refractivity contribution >= 4 is 17.5 Å². The van der Waals surface area contributed by atoms with E-state index in [-0.39, 0.29) is 0 Å². The number of anilines is 1. The van der Waals surface area contributed by atoms with Crippen molar-refractivity contribution < 1.29 is 9.90 Å². The summed E-state index contributed by atoms with van der Waals surface area (Å²) in [4.78, 5) is 20.2. The van der Waals surface area contributed by atoms with Crippen molar-refractivity contribution in [1.82, 2.24) is 14.9 Å². The summed E-state index contributed by atoms with van der Waals surface area (Å²) < 4.78 is 0. The molecule has 6 nitrogen and oxygen atoms in total. The molecule has 0 unspecified atom stereocenters. The van der Waals surface area contributed by atoms with Crippen LogP contribution in [0.5, 0.6) is 0 Å². The predicted octanol–water partition coefficient (Wildman–Crippen LogP) is 0.826.